The van der Waals surface area contributed by atoms with Gasteiger partial charge in [-0.2, -0.15) is 4.98 Å². The standard InChI is InChI=1S/C19H16FN5O/c1-12-11-16(13-7-3-2-4-8-13)25-19(21-12)23-18(24-25)22-17(26)14-9-5-6-10-15(14)20/h2-11,16H,1H3,(H2,21,22,23,24,26). The molecule has 0 fully saturated rings. The van der Waals surface area contributed by atoms with Crippen LogP contribution in [0.2, 0.25) is 0 Å². The number of hydrogen-bond donors (Lipinski definition) is 2. The van der Waals surface area contributed by atoms with Crippen LogP contribution in [0.3, 0.4) is 0 Å². The van der Waals surface area contributed by atoms with Crippen LogP contribution in [0, 0.1) is 5.82 Å². The van der Waals surface area contributed by atoms with E-state index in [0.29, 0.717) is 5.95 Å². The summed E-state index contributed by atoms with van der Waals surface area (Å²) in [6.07, 6.45) is 2.03. The van der Waals surface area contributed by atoms with E-state index in [-0.39, 0.29) is 17.6 Å². The van der Waals surface area contributed by atoms with E-state index in [1.54, 1.807) is 10.7 Å². The first kappa shape index (κ1) is 16.0. The molecule has 1 aliphatic heterocycles. The van der Waals surface area contributed by atoms with Crippen molar-refractivity contribution in [3.05, 3.63) is 83.3 Å². The summed E-state index contributed by atoms with van der Waals surface area (Å²) in [6.45, 7) is 1.94. The molecule has 0 radical (unpaired) electrons. The van der Waals surface area contributed by atoms with Gasteiger partial charge in [0.05, 0.1) is 5.56 Å². The molecule has 0 bridgehead atoms. The molecule has 130 valence electrons. The Kier molecular flexibility index (Phi) is 3.96. The van der Waals surface area contributed by atoms with Crippen molar-refractivity contribution in [1.29, 1.82) is 0 Å². The number of carbonyl (C=O) groups excluding carboxylic acids is 1. The highest BCUT2D eigenvalue weighted by molar-refractivity contribution is 6.03. The number of aromatic nitrogens is 3. The van der Waals surface area contributed by atoms with Crippen LogP contribution in [0.15, 0.2) is 66.4 Å². The monoisotopic (exact) mass is 349 g/mol. The summed E-state index contributed by atoms with van der Waals surface area (Å²) >= 11 is 0. The number of hydrogen-bond acceptors (Lipinski definition) is 4. The zero-order valence-corrected chi connectivity index (χ0v) is 14.0. The van der Waals surface area contributed by atoms with Gasteiger partial charge in [0.15, 0.2) is 0 Å². The number of fused-ring (bicyclic) bond motifs is 1. The molecule has 3 aromatic rings. The normalized spacial score (nSPS) is 15.6. The molecule has 2 heterocycles. The molecule has 0 saturated heterocycles. The number of nitrogens with one attached hydrogen (secondary N) is 2. The Labute approximate surface area is 149 Å². The van der Waals surface area contributed by atoms with Gasteiger partial charge in [-0.05, 0) is 30.7 Å². The largest absolute Gasteiger partial charge is 0.329 e. The van der Waals surface area contributed by atoms with Crippen LogP contribution in [0.4, 0.5) is 16.3 Å². The van der Waals surface area contributed by atoms with Crippen LogP contribution in [0.5, 0.6) is 0 Å². The average Bonchev–Trinajstić information content (AvgIpc) is 3.04. The number of amides is 1. The Balaban J connectivity index is 1.64. The third-order valence-electron chi connectivity index (χ3n) is 4.10. The third-order valence-corrected chi connectivity index (χ3v) is 4.10. The number of nitrogens with zero attached hydrogens (tertiary/aromatic N) is 3. The minimum absolute atomic E-state index is 0.0536. The molecule has 7 heteroatoms. The van der Waals surface area contributed by atoms with E-state index in [4.69, 9.17) is 0 Å². The van der Waals surface area contributed by atoms with Gasteiger partial charge in [0.2, 0.25) is 5.95 Å². The number of anilines is 2. The van der Waals surface area contributed by atoms with Gasteiger partial charge in [-0.3, -0.25) is 10.1 Å². The summed E-state index contributed by atoms with van der Waals surface area (Å²) in [5.74, 6) is -0.550. The smallest absolute Gasteiger partial charge is 0.261 e. The first-order chi connectivity index (χ1) is 12.6. The fourth-order valence-corrected chi connectivity index (χ4v) is 2.88. The fourth-order valence-electron chi connectivity index (χ4n) is 2.88. The van der Waals surface area contributed by atoms with Gasteiger partial charge in [0, 0.05) is 5.70 Å². The van der Waals surface area contributed by atoms with E-state index in [1.165, 1.54) is 18.2 Å². The van der Waals surface area contributed by atoms with Crippen LogP contribution in [0.1, 0.15) is 28.9 Å². The van der Waals surface area contributed by atoms with E-state index in [1.807, 2.05) is 43.3 Å². The van der Waals surface area contributed by atoms with E-state index in [2.05, 4.69) is 20.7 Å². The summed E-state index contributed by atoms with van der Waals surface area (Å²) in [4.78, 5) is 16.6. The molecule has 6 nitrogen and oxygen atoms in total. The highest BCUT2D eigenvalue weighted by Crippen LogP contribution is 2.29. The molecule has 1 unspecified atom stereocenters. The molecule has 2 aromatic carbocycles. The van der Waals surface area contributed by atoms with Crippen molar-refractivity contribution in [2.75, 3.05) is 10.6 Å². The summed E-state index contributed by atoms with van der Waals surface area (Å²) in [5, 5.41) is 10.1. The maximum atomic E-state index is 13.8. The van der Waals surface area contributed by atoms with Gasteiger partial charge < -0.3 is 5.32 Å². The van der Waals surface area contributed by atoms with Crippen LogP contribution < -0.4 is 10.6 Å². The lowest BCUT2D eigenvalue weighted by Gasteiger charge is -2.22. The molecular formula is C19H16FN5O. The van der Waals surface area contributed by atoms with Crippen molar-refractivity contribution in [3.8, 4) is 0 Å². The molecule has 2 N–H and O–H groups in total. The first-order valence-corrected chi connectivity index (χ1v) is 8.14. The topological polar surface area (TPSA) is 71.8 Å². The van der Waals surface area contributed by atoms with Gasteiger partial charge in [0.1, 0.15) is 11.9 Å². The van der Waals surface area contributed by atoms with Crippen LogP contribution >= 0.6 is 0 Å². The Morgan fingerprint density at radius 3 is 2.65 bits per heavy atom. The Hall–Kier alpha value is -3.48. The predicted octanol–water partition coefficient (Wildman–Crippen LogP) is 3.59. The van der Waals surface area contributed by atoms with E-state index < -0.39 is 11.7 Å². The van der Waals surface area contributed by atoms with Crippen molar-refractivity contribution in [3.63, 3.8) is 0 Å². The molecule has 1 aliphatic rings. The van der Waals surface area contributed by atoms with Gasteiger partial charge in [-0.1, -0.05) is 42.5 Å². The second kappa shape index (κ2) is 6.44. The summed E-state index contributed by atoms with van der Waals surface area (Å²) in [6, 6.07) is 15.5. The Morgan fingerprint density at radius 1 is 1.15 bits per heavy atom. The highest BCUT2D eigenvalue weighted by atomic mass is 19.1. The molecule has 4 rings (SSSR count). The number of carbonyl (C=O) groups is 1. The fraction of sp³-hybridized carbons (Fsp3) is 0.105. The number of allylic oxidation sites excluding steroid dienone is 2. The lowest BCUT2D eigenvalue weighted by molar-refractivity contribution is 0.102. The summed E-state index contributed by atoms with van der Waals surface area (Å²) in [7, 11) is 0. The van der Waals surface area contributed by atoms with Gasteiger partial charge in [-0.25, -0.2) is 9.07 Å². The van der Waals surface area contributed by atoms with Gasteiger partial charge >= 0.3 is 0 Å². The van der Waals surface area contributed by atoms with Gasteiger partial charge in [-0.15, -0.1) is 5.10 Å². The zero-order chi connectivity index (χ0) is 18.1. The molecule has 0 spiro atoms. The van der Waals surface area contributed by atoms with Gasteiger partial charge in [0.25, 0.3) is 11.9 Å². The minimum Gasteiger partial charge on any atom is -0.329 e. The maximum absolute atomic E-state index is 13.8. The first-order valence-electron chi connectivity index (χ1n) is 8.14. The maximum Gasteiger partial charge on any atom is 0.261 e. The van der Waals surface area contributed by atoms with Crippen molar-refractivity contribution >= 4 is 17.8 Å². The van der Waals surface area contributed by atoms with Crippen molar-refractivity contribution < 1.29 is 9.18 Å². The molecule has 1 aromatic heterocycles. The van der Waals surface area contributed by atoms with Crippen LogP contribution in [-0.4, -0.2) is 20.7 Å². The molecular weight excluding hydrogens is 333 g/mol. The molecule has 1 amide bonds. The predicted molar refractivity (Wildman–Crippen MR) is 96.3 cm³/mol. The van der Waals surface area contributed by atoms with Crippen LogP contribution in [0.25, 0.3) is 0 Å². The summed E-state index contributed by atoms with van der Waals surface area (Å²) < 4.78 is 15.5. The Morgan fingerprint density at radius 2 is 1.88 bits per heavy atom. The summed E-state index contributed by atoms with van der Waals surface area (Å²) in [5.41, 5.74) is 1.93. The van der Waals surface area contributed by atoms with Crippen molar-refractivity contribution in [1.82, 2.24) is 14.8 Å². The average molecular weight is 349 g/mol. The van der Waals surface area contributed by atoms with E-state index in [0.717, 1.165) is 11.3 Å². The second-order valence-corrected chi connectivity index (χ2v) is 5.97. The number of halogens is 1. The lowest BCUT2D eigenvalue weighted by Crippen LogP contribution is -2.19. The molecule has 26 heavy (non-hydrogen) atoms. The number of benzene rings is 2. The van der Waals surface area contributed by atoms with E-state index >= 15 is 0 Å². The zero-order valence-electron chi connectivity index (χ0n) is 14.0. The number of rotatable bonds is 3. The third kappa shape index (κ3) is 2.95. The van der Waals surface area contributed by atoms with Crippen molar-refractivity contribution in [2.24, 2.45) is 0 Å². The minimum atomic E-state index is -0.591. The highest BCUT2D eigenvalue weighted by Gasteiger charge is 2.24. The SMILES string of the molecule is CC1=CC(c2ccccc2)n2nc(NC(=O)c3ccccc3F)nc2N1. The van der Waals surface area contributed by atoms with E-state index in [9.17, 15) is 9.18 Å². The quantitative estimate of drug-likeness (QED) is 0.758. The lowest BCUT2D eigenvalue weighted by atomic mass is 10.1. The second-order valence-electron chi connectivity index (χ2n) is 5.97. The molecule has 0 aliphatic carbocycles. The van der Waals surface area contributed by atoms with Crippen LogP contribution in [-0.2, 0) is 0 Å². The Bertz CT molecular complexity index is 996. The molecule has 1 atom stereocenters. The van der Waals surface area contributed by atoms with Crippen molar-refractivity contribution in [2.45, 2.75) is 13.0 Å². The molecule has 0 saturated carbocycles.